The van der Waals surface area contributed by atoms with E-state index in [1.165, 1.54) is 0 Å². The highest BCUT2D eigenvalue weighted by Gasteiger charge is 2.39. The first kappa shape index (κ1) is 22.1. The van der Waals surface area contributed by atoms with Crippen LogP contribution in [0.25, 0.3) is 16.5 Å². The molecule has 0 saturated heterocycles. The number of fused-ring (bicyclic) bond motifs is 1. The van der Waals surface area contributed by atoms with Crippen molar-refractivity contribution in [2.45, 2.75) is 37.8 Å². The molecule has 6 nitrogen and oxygen atoms in total. The summed E-state index contributed by atoms with van der Waals surface area (Å²) in [6, 6.07) is 12.8. The first-order valence-electron chi connectivity index (χ1n) is 10.6. The summed E-state index contributed by atoms with van der Waals surface area (Å²) in [6.45, 7) is 1.69. The smallest absolute Gasteiger partial charge is 0.341 e. The fourth-order valence-corrected chi connectivity index (χ4v) is 4.66. The van der Waals surface area contributed by atoms with E-state index in [1.807, 2.05) is 36.5 Å². The van der Waals surface area contributed by atoms with Crippen LogP contribution in [-0.4, -0.2) is 39.5 Å². The number of hydrogen-bond acceptors (Lipinski definition) is 4. The SMILES string of the molecule is CCCC1(CC(O)c2cccc(Cl)c2)N=CC=C1c1c[nH]c2c(OCC(=O)O)cccc12. The standard InChI is InChI=1S/C25H25ClN2O4/c1-2-10-25(13-21(29)16-5-3-6-17(26)12-16)20(9-11-28-25)19-14-27-24-18(19)7-4-8-22(24)32-15-23(30)31/h3-9,11-12,14,21,27,29H,2,10,13,15H2,1H3,(H,30,31). The molecule has 0 bridgehead atoms. The molecule has 0 amide bonds. The highest BCUT2D eigenvalue weighted by atomic mass is 35.5. The summed E-state index contributed by atoms with van der Waals surface area (Å²) in [6.07, 6.45) is 7.06. The number of halogens is 1. The second-order valence-electron chi connectivity index (χ2n) is 7.98. The van der Waals surface area contributed by atoms with Crippen molar-refractivity contribution in [2.24, 2.45) is 4.99 Å². The van der Waals surface area contributed by atoms with Crippen molar-refractivity contribution in [3.8, 4) is 5.75 Å². The van der Waals surface area contributed by atoms with Crippen LogP contribution in [0.4, 0.5) is 0 Å². The number of aliphatic imine (C=N–C) groups is 1. The van der Waals surface area contributed by atoms with Crippen molar-refractivity contribution in [1.29, 1.82) is 0 Å². The number of nitrogens with one attached hydrogen (secondary N) is 1. The molecule has 0 radical (unpaired) electrons. The number of aromatic nitrogens is 1. The Bertz CT molecular complexity index is 1200. The fraction of sp³-hybridized carbons (Fsp3) is 0.280. The third-order valence-electron chi connectivity index (χ3n) is 5.81. The maximum Gasteiger partial charge on any atom is 0.341 e. The number of carbonyl (C=O) groups is 1. The second kappa shape index (κ2) is 9.18. The van der Waals surface area contributed by atoms with E-state index in [0.717, 1.165) is 40.4 Å². The van der Waals surface area contributed by atoms with Crippen molar-refractivity contribution in [2.75, 3.05) is 6.61 Å². The maximum absolute atomic E-state index is 11.0. The molecular weight excluding hydrogens is 428 g/mol. The third kappa shape index (κ3) is 4.29. The fourth-order valence-electron chi connectivity index (χ4n) is 4.46. The summed E-state index contributed by atoms with van der Waals surface area (Å²) in [5.41, 5.74) is 2.89. The van der Waals surface area contributed by atoms with Gasteiger partial charge in [-0.2, -0.15) is 0 Å². The molecular formula is C25H25ClN2O4. The zero-order valence-corrected chi connectivity index (χ0v) is 18.5. The van der Waals surface area contributed by atoms with Crippen molar-refractivity contribution < 1.29 is 19.7 Å². The predicted molar refractivity (Wildman–Crippen MR) is 127 cm³/mol. The van der Waals surface area contributed by atoms with Crippen molar-refractivity contribution >= 4 is 40.3 Å². The Hall–Kier alpha value is -3.09. The van der Waals surface area contributed by atoms with Crippen LogP contribution in [0.2, 0.25) is 5.02 Å². The van der Waals surface area contributed by atoms with Gasteiger partial charge < -0.3 is 19.9 Å². The minimum absolute atomic E-state index is 0.412. The lowest BCUT2D eigenvalue weighted by molar-refractivity contribution is -0.139. The molecule has 166 valence electrons. The van der Waals surface area contributed by atoms with Crippen LogP contribution in [0.5, 0.6) is 5.75 Å². The van der Waals surface area contributed by atoms with Crippen LogP contribution in [0.15, 0.2) is 59.7 Å². The van der Waals surface area contributed by atoms with Gasteiger partial charge in [0.1, 0.15) is 5.75 Å². The van der Waals surface area contributed by atoms with E-state index in [2.05, 4.69) is 11.9 Å². The van der Waals surface area contributed by atoms with Gasteiger partial charge in [0.25, 0.3) is 0 Å². The van der Waals surface area contributed by atoms with E-state index in [-0.39, 0.29) is 0 Å². The van der Waals surface area contributed by atoms with E-state index >= 15 is 0 Å². The summed E-state index contributed by atoms with van der Waals surface area (Å²) in [7, 11) is 0. The molecule has 3 aromatic rings. The normalized spacial score (nSPS) is 18.7. The molecule has 32 heavy (non-hydrogen) atoms. The number of aliphatic carboxylic acids is 1. The number of allylic oxidation sites excluding steroid dienone is 1. The molecule has 2 heterocycles. The summed E-state index contributed by atoms with van der Waals surface area (Å²) < 4.78 is 5.46. The molecule has 1 aliphatic heterocycles. The lowest BCUT2D eigenvalue weighted by Gasteiger charge is -2.32. The molecule has 0 spiro atoms. The predicted octanol–water partition coefficient (Wildman–Crippen LogP) is 5.42. The number of ether oxygens (including phenoxy) is 1. The first-order valence-corrected chi connectivity index (χ1v) is 11.0. The van der Waals surface area contributed by atoms with Gasteiger partial charge in [-0.3, -0.25) is 4.99 Å². The van der Waals surface area contributed by atoms with Gasteiger partial charge in [-0.25, -0.2) is 4.79 Å². The maximum atomic E-state index is 11.0. The molecule has 2 atom stereocenters. The molecule has 2 aromatic carbocycles. The van der Waals surface area contributed by atoms with Gasteiger partial charge in [0, 0.05) is 34.8 Å². The third-order valence-corrected chi connectivity index (χ3v) is 6.05. The van der Waals surface area contributed by atoms with Crippen LogP contribution < -0.4 is 4.74 Å². The van der Waals surface area contributed by atoms with Gasteiger partial charge in [-0.1, -0.05) is 49.2 Å². The molecule has 3 N–H and O–H groups in total. The van der Waals surface area contributed by atoms with E-state index < -0.39 is 24.2 Å². The van der Waals surface area contributed by atoms with Crippen molar-refractivity contribution in [1.82, 2.24) is 4.98 Å². The molecule has 0 fully saturated rings. The lowest BCUT2D eigenvalue weighted by atomic mass is 9.78. The number of benzene rings is 2. The number of para-hydroxylation sites is 1. The number of aliphatic hydroxyl groups excluding tert-OH is 1. The van der Waals surface area contributed by atoms with Gasteiger partial charge in [-0.15, -0.1) is 0 Å². The minimum atomic E-state index is -1.03. The average molecular weight is 453 g/mol. The molecule has 0 saturated carbocycles. The number of nitrogens with zero attached hydrogens (tertiary/aromatic N) is 1. The number of hydrogen-bond donors (Lipinski definition) is 3. The summed E-state index contributed by atoms with van der Waals surface area (Å²) in [5, 5.41) is 21.5. The van der Waals surface area contributed by atoms with Crippen LogP contribution in [0, 0.1) is 0 Å². The van der Waals surface area contributed by atoms with Crippen LogP contribution in [0.1, 0.15) is 43.4 Å². The van der Waals surface area contributed by atoms with E-state index in [0.29, 0.717) is 17.2 Å². The van der Waals surface area contributed by atoms with Crippen molar-refractivity contribution in [3.05, 3.63) is 70.9 Å². The Morgan fingerprint density at radius 1 is 1.28 bits per heavy atom. The van der Waals surface area contributed by atoms with Gasteiger partial charge in [0.05, 0.1) is 17.2 Å². The quantitative estimate of drug-likeness (QED) is 0.404. The zero-order chi connectivity index (χ0) is 22.7. The van der Waals surface area contributed by atoms with E-state index in [1.54, 1.807) is 24.4 Å². The Morgan fingerprint density at radius 2 is 2.09 bits per heavy atom. The molecule has 4 rings (SSSR count). The summed E-state index contributed by atoms with van der Waals surface area (Å²) in [5.74, 6) is -0.548. The molecule has 1 aromatic heterocycles. The van der Waals surface area contributed by atoms with Gasteiger partial charge in [-0.05, 0) is 41.8 Å². The summed E-state index contributed by atoms with van der Waals surface area (Å²) in [4.78, 5) is 19.0. The highest BCUT2D eigenvalue weighted by Crippen LogP contribution is 2.46. The Labute approximate surface area is 191 Å². The Kier molecular flexibility index (Phi) is 6.35. The number of carboxylic acid groups (broad SMARTS) is 1. The largest absolute Gasteiger partial charge is 0.480 e. The first-order chi connectivity index (χ1) is 15.4. The Balaban J connectivity index is 1.70. The number of aromatic amines is 1. The van der Waals surface area contributed by atoms with Crippen molar-refractivity contribution in [3.63, 3.8) is 0 Å². The Morgan fingerprint density at radius 3 is 2.84 bits per heavy atom. The molecule has 2 unspecified atom stereocenters. The van der Waals surface area contributed by atoms with Crippen LogP contribution in [-0.2, 0) is 4.79 Å². The number of H-pyrrole nitrogens is 1. The molecule has 0 aliphatic carbocycles. The van der Waals surface area contributed by atoms with E-state index in [4.69, 9.17) is 26.4 Å². The van der Waals surface area contributed by atoms with Crippen LogP contribution in [0.3, 0.4) is 0 Å². The summed E-state index contributed by atoms with van der Waals surface area (Å²) >= 11 is 6.13. The zero-order valence-electron chi connectivity index (χ0n) is 17.7. The minimum Gasteiger partial charge on any atom is -0.480 e. The van der Waals surface area contributed by atoms with Crippen LogP contribution >= 0.6 is 11.6 Å². The van der Waals surface area contributed by atoms with Gasteiger partial charge in [0.2, 0.25) is 0 Å². The monoisotopic (exact) mass is 452 g/mol. The number of aliphatic hydroxyl groups is 1. The van der Waals surface area contributed by atoms with Gasteiger partial charge >= 0.3 is 5.97 Å². The van der Waals surface area contributed by atoms with E-state index in [9.17, 15) is 9.90 Å². The van der Waals surface area contributed by atoms with Gasteiger partial charge in [0.15, 0.2) is 6.61 Å². The topological polar surface area (TPSA) is 94.9 Å². The second-order valence-corrected chi connectivity index (χ2v) is 8.41. The molecule has 7 heteroatoms. The highest BCUT2D eigenvalue weighted by molar-refractivity contribution is 6.30. The number of carboxylic acids is 1. The molecule has 1 aliphatic rings. The average Bonchev–Trinajstić information content (AvgIpc) is 3.36. The lowest BCUT2D eigenvalue weighted by Crippen LogP contribution is -2.29. The number of rotatable bonds is 9.